The van der Waals surface area contributed by atoms with E-state index < -0.39 is 14.6 Å². The highest BCUT2D eigenvalue weighted by atomic mass is 127. The lowest BCUT2D eigenvalue weighted by Crippen LogP contribution is -2.57. The monoisotopic (exact) mass is 490 g/mol. The zero-order valence-corrected chi connectivity index (χ0v) is 19.4. The van der Waals surface area contributed by atoms with Crippen LogP contribution in [0.1, 0.15) is 27.2 Å². The molecule has 1 aliphatic rings. The Hall–Kier alpha value is -0.130. The molecule has 0 aromatic rings. The third-order valence-electron chi connectivity index (χ3n) is 4.31. The normalized spacial score (nSPS) is 19.6. The van der Waals surface area contributed by atoms with Crippen molar-refractivity contribution in [3.63, 3.8) is 0 Å². The Morgan fingerprint density at radius 3 is 2.60 bits per heavy atom. The molecule has 25 heavy (non-hydrogen) atoms. The van der Waals surface area contributed by atoms with E-state index in [0.29, 0.717) is 13.1 Å². The van der Waals surface area contributed by atoms with Crippen LogP contribution >= 0.6 is 24.0 Å². The summed E-state index contributed by atoms with van der Waals surface area (Å²) in [5.74, 6) is 1.00. The average molecular weight is 490 g/mol. The molecule has 0 aromatic carbocycles. The lowest BCUT2D eigenvalue weighted by Gasteiger charge is -2.39. The van der Waals surface area contributed by atoms with Crippen LogP contribution in [0.25, 0.3) is 0 Å². The molecule has 1 rings (SSSR count). The highest BCUT2D eigenvalue weighted by Crippen LogP contribution is 2.23. The van der Waals surface area contributed by atoms with E-state index in [-0.39, 0.29) is 29.7 Å². The summed E-state index contributed by atoms with van der Waals surface area (Å²) in [5.41, 5.74) is 0. The summed E-state index contributed by atoms with van der Waals surface area (Å²) in [7, 11) is 0.754. The summed E-state index contributed by atoms with van der Waals surface area (Å²) >= 11 is 0. The second kappa shape index (κ2) is 11.6. The maximum atomic E-state index is 12.1. The van der Waals surface area contributed by atoms with Gasteiger partial charge in [-0.25, -0.2) is 8.42 Å². The predicted octanol–water partition coefficient (Wildman–Crippen LogP) is 1.05. The van der Waals surface area contributed by atoms with Crippen LogP contribution in [0.15, 0.2) is 4.99 Å². The van der Waals surface area contributed by atoms with Crippen LogP contribution in [0, 0.1) is 0 Å². The maximum Gasteiger partial charge on any atom is 0.193 e. The molecule has 9 heteroatoms. The highest BCUT2D eigenvalue weighted by molar-refractivity contribution is 14.0. The largest absolute Gasteiger partial charge is 0.383 e. The summed E-state index contributed by atoms with van der Waals surface area (Å²) in [6, 6.07) is 0. The molecule has 0 aliphatic carbocycles. The summed E-state index contributed by atoms with van der Waals surface area (Å²) in [4.78, 5) is 8.97. The molecule has 1 N–H and O–H groups in total. The van der Waals surface area contributed by atoms with Crippen molar-refractivity contribution in [3.05, 3.63) is 0 Å². The van der Waals surface area contributed by atoms with Gasteiger partial charge in [-0.05, 0) is 40.8 Å². The minimum atomic E-state index is -3.03. The van der Waals surface area contributed by atoms with Gasteiger partial charge in [0.2, 0.25) is 0 Å². The number of nitrogens with zero attached hydrogens (tertiary/aromatic N) is 3. The van der Waals surface area contributed by atoms with Crippen molar-refractivity contribution in [2.45, 2.75) is 31.9 Å². The van der Waals surface area contributed by atoms with Crippen molar-refractivity contribution in [1.82, 2.24) is 15.1 Å². The number of guanidine groups is 1. The van der Waals surface area contributed by atoms with E-state index >= 15 is 0 Å². The van der Waals surface area contributed by atoms with Crippen molar-refractivity contribution >= 4 is 39.8 Å². The van der Waals surface area contributed by atoms with Gasteiger partial charge >= 0.3 is 0 Å². The Morgan fingerprint density at radius 1 is 1.36 bits per heavy atom. The minimum Gasteiger partial charge on any atom is -0.383 e. The summed E-state index contributed by atoms with van der Waals surface area (Å²) in [5, 5.41) is 3.29. The van der Waals surface area contributed by atoms with Gasteiger partial charge in [-0.15, -0.1) is 24.0 Å². The fourth-order valence-electron chi connectivity index (χ4n) is 2.63. The first kappa shape index (κ1) is 24.9. The van der Waals surface area contributed by atoms with Gasteiger partial charge in [0.25, 0.3) is 0 Å². The molecule has 1 heterocycles. The van der Waals surface area contributed by atoms with Gasteiger partial charge in [-0.3, -0.25) is 4.99 Å². The van der Waals surface area contributed by atoms with Gasteiger partial charge < -0.3 is 19.9 Å². The number of hydrogen-bond donors (Lipinski definition) is 1. The van der Waals surface area contributed by atoms with Crippen molar-refractivity contribution < 1.29 is 13.2 Å². The van der Waals surface area contributed by atoms with E-state index in [1.165, 1.54) is 0 Å². The molecule has 0 atom stereocenters. The van der Waals surface area contributed by atoms with E-state index in [9.17, 15) is 8.42 Å². The molecule has 0 unspecified atom stereocenters. The van der Waals surface area contributed by atoms with E-state index in [1.807, 2.05) is 6.92 Å². The van der Waals surface area contributed by atoms with Crippen LogP contribution in [0.3, 0.4) is 0 Å². The van der Waals surface area contributed by atoms with Gasteiger partial charge in [0, 0.05) is 39.8 Å². The number of sulfone groups is 1. The van der Waals surface area contributed by atoms with Crippen molar-refractivity contribution in [1.29, 1.82) is 0 Å². The molecule has 0 bridgehead atoms. The van der Waals surface area contributed by atoms with Crippen LogP contribution in [0.5, 0.6) is 0 Å². The van der Waals surface area contributed by atoms with Gasteiger partial charge in [-0.1, -0.05) is 0 Å². The van der Waals surface area contributed by atoms with Crippen molar-refractivity contribution in [2.75, 3.05) is 65.8 Å². The average Bonchev–Trinajstić information content (AvgIpc) is 2.51. The zero-order valence-electron chi connectivity index (χ0n) is 16.2. The van der Waals surface area contributed by atoms with Gasteiger partial charge in [0.05, 0.1) is 17.1 Å². The second-order valence-corrected chi connectivity index (χ2v) is 9.63. The molecule has 0 radical (unpaired) electrons. The Balaban J connectivity index is 0.00000576. The Kier molecular flexibility index (Phi) is 11.5. The number of nitrogens with one attached hydrogen (secondary N) is 1. The summed E-state index contributed by atoms with van der Waals surface area (Å²) in [6.07, 6.45) is 0.963. The Bertz CT molecular complexity index is 512. The lowest BCUT2D eigenvalue weighted by molar-refractivity contribution is 0.161. The quantitative estimate of drug-likeness (QED) is 0.237. The van der Waals surface area contributed by atoms with E-state index in [4.69, 9.17) is 4.74 Å². The summed E-state index contributed by atoms with van der Waals surface area (Å²) < 4.78 is 28.6. The van der Waals surface area contributed by atoms with Crippen LogP contribution in [0.2, 0.25) is 0 Å². The number of aliphatic imine (C=N–C) groups is 1. The van der Waals surface area contributed by atoms with Crippen LogP contribution < -0.4 is 5.32 Å². The van der Waals surface area contributed by atoms with Gasteiger partial charge in [0.1, 0.15) is 0 Å². The number of rotatable bonds is 8. The SMILES string of the molecule is CCNC(=NCCCN(C)CCOC)N1CCS(=O)(=O)C(C)(C)C1.I. The van der Waals surface area contributed by atoms with Crippen molar-refractivity contribution in [2.24, 2.45) is 4.99 Å². The van der Waals surface area contributed by atoms with Gasteiger partial charge in [0.15, 0.2) is 15.8 Å². The second-order valence-electron chi connectivity index (χ2n) is 6.89. The van der Waals surface area contributed by atoms with E-state index in [1.54, 1.807) is 21.0 Å². The smallest absolute Gasteiger partial charge is 0.193 e. The molecule has 1 fully saturated rings. The van der Waals surface area contributed by atoms with Crippen molar-refractivity contribution in [3.8, 4) is 0 Å². The topological polar surface area (TPSA) is 74.2 Å². The third kappa shape index (κ3) is 7.96. The zero-order chi connectivity index (χ0) is 18.2. The molecule has 150 valence electrons. The third-order valence-corrected chi connectivity index (χ3v) is 6.85. The summed E-state index contributed by atoms with van der Waals surface area (Å²) in [6.45, 7) is 10.7. The first-order chi connectivity index (χ1) is 11.2. The fraction of sp³-hybridized carbons (Fsp3) is 0.938. The Morgan fingerprint density at radius 2 is 2.04 bits per heavy atom. The van der Waals surface area contributed by atoms with Crippen LogP contribution in [0.4, 0.5) is 0 Å². The molecule has 1 saturated heterocycles. The fourth-order valence-corrected chi connectivity index (χ4v) is 4.00. The number of methoxy groups -OCH3 is 1. The molecule has 0 amide bonds. The molecule has 0 spiro atoms. The molecular weight excluding hydrogens is 455 g/mol. The molecule has 1 aliphatic heterocycles. The lowest BCUT2D eigenvalue weighted by atomic mass is 10.2. The number of halogens is 1. The number of hydrogen-bond acceptors (Lipinski definition) is 5. The predicted molar refractivity (Wildman–Crippen MR) is 115 cm³/mol. The van der Waals surface area contributed by atoms with E-state index in [0.717, 1.165) is 45.2 Å². The van der Waals surface area contributed by atoms with Gasteiger partial charge in [-0.2, -0.15) is 0 Å². The molecular formula is C16H35IN4O3S. The first-order valence-electron chi connectivity index (χ1n) is 8.66. The number of ether oxygens (including phenoxy) is 1. The maximum absolute atomic E-state index is 12.1. The minimum absolute atomic E-state index is 0. The first-order valence-corrected chi connectivity index (χ1v) is 10.3. The van der Waals surface area contributed by atoms with Crippen LogP contribution in [-0.4, -0.2) is 94.7 Å². The van der Waals surface area contributed by atoms with Crippen LogP contribution in [-0.2, 0) is 14.6 Å². The van der Waals surface area contributed by atoms with E-state index in [2.05, 4.69) is 27.2 Å². The molecule has 0 saturated carbocycles. The Labute approximate surface area is 170 Å². The number of likely N-dealkylation sites (N-methyl/N-ethyl adjacent to an activating group) is 1. The standard InChI is InChI=1S/C16H34N4O3S.HI/c1-6-17-15(18-8-7-9-19(4)10-12-23-5)20-11-13-24(21,22)16(2,3)14-20;/h6-14H2,1-5H3,(H,17,18);1H. The highest BCUT2D eigenvalue weighted by Gasteiger charge is 2.40. The molecule has 7 nitrogen and oxygen atoms in total. The molecule has 0 aromatic heterocycles.